The summed E-state index contributed by atoms with van der Waals surface area (Å²) in [5.41, 5.74) is 2.94. The topological polar surface area (TPSA) is 93.1 Å². The summed E-state index contributed by atoms with van der Waals surface area (Å²) >= 11 is 0. The van der Waals surface area contributed by atoms with E-state index in [1.165, 1.54) is 0 Å². The van der Waals surface area contributed by atoms with Gasteiger partial charge in [0.15, 0.2) is 0 Å². The van der Waals surface area contributed by atoms with Crippen molar-refractivity contribution >= 4 is 15.9 Å². The molecule has 108 valence electrons. The highest BCUT2D eigenvalue weighted by Crippen LogP contribution is 2.10. The van der Waals surface area contributed by atoms with Crippen molar-refractivity contribution in [3.63, 3.8) is 0 Å². The van der Waals surface area contributed by atoms with Crippen LogP contribution in [0.4, 0.5) is 0 Å². The van der Waals surface area contributed by atoms with Crippen LogP contribution < -0.4 is 10.0 Å². The number of rotatable bonds is 6. The molecule has 1 aromatic heterocycles. The summed E-state index contributed by atoms with van der Waals surface area (Å²) in [4.78, 5) is 11.7. The molecule has 0 radical (unpaired) electrons. The number of amides is 1. The third kappa shape index (κ3) is 4.99. The van der Waals surface area contributed by atoms with Gasteiger partial charge in [0.05, 0.1) is 11.9 Å². The number of aromatic nitrogens is 2. The fourth-order valence-corrected chi connectivity index (χ4v) is 2.04. The predicted octanol–water partition coefficient (Wildman–Crippen LogP) is -0.526. The van der Waals surface area contributed by atoms with Gasteiger partial charge in [-0.3, -0.25) is 9.48 Å². The van der Waals surface area contributed by atoms with Gasteiger partial charge in [-0.1, -0.05) is 0 Å². The molecular weight excluding hydrogens is 268 g/mol. The van der Waals surface area contributed by atoms with Crippen molar-refractivity contribution in [1.82, 2.24) is 19.8 Å². The van der Waals surface area contributed by atoms with Gasteiger partial charge in [-0.05, 0) is 26.3 Å². The number of carbonyl (C=O) groups is 1. The zero-order valence-electron chi connectivity index (χ0n) is 11.6. The highest BCUT2D eigenvalue weighted by atomic mass is 32.2. The molecule has 8 heteroatoms. The third-order valence-electron chi connectivity index (χ3n) is 2.85. The Bertz CT molecular complexity index is 563. The molecule has 0 saturated heterocycles. The Labute approximate surface area is 113 Å². The predicted molar refractivity (Wildman–Crippen MR) is 72.3 cm³/mol. The quantitative estimate of drug-likeness (QED) is 0.688. The molecule has 0 aromatic carbocycles. The standard InChI is InChI=1S/C11H20N4O3S/c1-8-9(2)14-15(10(8)3)7-11(16)12-5-6-13-19(4,17)18/h13H,5-7H2,1-4H3,(H,12,16). The van der Waals surface area contributed by atoms with E-state index in [0.29, 0.717) is 0 Å². The zero-order chi connectivity index (χ0) is 14.6. The van der Waals surface area contributed by atoms with Crippen LogP contribution in [-0.4, -0.2) is 43.5 Å². The van der Waals surface area contributed by atoms with Gasteiger partial charge >= 0.3 is 0 Å². The second-order valence-corrected chi connectivity index (χ2v) is 6.30. The Balaban J connectivity index is 2.41. The van der Waals surface area contributed by atoms with Crippen molar-refractivity contribution < 1.29 is 13.2 Å². The average Bonchev–Trinajstić information content (AvgIpc) is 2.51. The molecule has 0 aliphatic heterocycles. The van der Waals surface area contributed by atoms with Crippen LogP contribution in [0.1, 0.15) is 17.0 Å². The molecule has 19 heavy (non-hydrogen) atoms. The molecular formula is C11H20N4O3S. The number of sulfonamides is 1. The summed E-state index contributed by atoms with van der Waals surface area (Å²) in [6.45, 7) is 6.34. The van der Waals surface area contributed by atoms with Crippen LogP contribution in [0.5, 0.6) is 0 Å². The van der Waals surface area contributed by atoms with E-state index in [1.807, 2.05) is 20.8 Å². The molecule has 0 saturated carbocycles. The largest absolute Gasteiger partial charge is 0.353 e. The number of nitrogens with one attached hydrogen (secondary N) is 2. The van der Waals surface area contributed by atoms with Gasteiger partial charge in [-0.15, -0.1) is 0 Å². The summed E-state index contributed by atoms with van der Waals surface area (Å²) < 4.78 is 25.6. The Kier molecular flexibility index (Phi) is 5.07. The SMILES string of the molecule is Cc1nn(CC(=O)NCCNS(C)(=O)=O)c(C)c1C. The van der Waals surface area contributed by atoms with Crippen molar-refractivity contribution in [3.05, 3.63) is 17.0 Å². The number of carbonyl (C=O) groups excluding carboxylic acids is 1. The summed E-state index contributed by atoms with van der Waals surface area (Å²) in [5.74, 6) is -0.194. The van der Waals surface area contributed by atoms with Gasteiger partial charge in [0, 0.05) is 18.8 Å². The van der Waals surface area contributed by atoms with Crippen molar-refractivity contribution in [2.45, 2.75) is 27.3 Å². The summed E-state index contributed by atoms with van der Waals surface area (Å²) in [6.07, 6.45) is 1.08. The van der Waals surface area contributed by atoms with E-state index in [4.69, 9.17) is 0 Å². The number of aryl methyl sites for hydroxylation is 1. The first-order chi connectivity index (χ1) is 8.70. The summed E-state index contributed by atoms with van der Waals surface area (Å²) in [5, 5.41) is 6.89. The van der Waals surface area contributed by atoms with Crippen LogP contribution in [0.15, 0.2) is 0 Å². The Morgan fingerprint density at radius 3 is 2.37 bits per heavy atom. The van der Waals surface area contributed by atoms with Crippen LogP contribution in [0.3, 0.4) is 0 Å². The normalized spacial score (nSPS) is 11.6. The Morgan fingerprint density at radius 1 is 1.26 bits per heavy atom. The first-order valence-electron chi connectivity index (χ1n) is 5.92. The van der Waals surface area contributed by atoms with Gasteiger partial charge in [0.1, 0.15) is 6.54 Å². The van der Waals surface area contributed by atoms with E-state index in [2.05, 4.69) is 15.1 Å². The lowest BCUT2D eigenvalue weighted by Gasteiger charge is -2.07. The molecule has 0 unspecified atom stereocenters. The molecule has 7 nitrogen and oxygen atoms in total. The monoisotopic (exact) mass is 288 g/mol. The molecule has 1 aromatic rings. The van der Waals surface area contributed by atoms with Crippen LogP contribution in [-0.2, 0) is 21.4 Å². The second-order valence-electron chi connectivity index (χ2n) is 4.47. The highest BCUT2D eigenvalue weighted by molar-refractivity contribution is 7.88. The minimum Gasteiger partial charge on any atom is -0.353 e. The fourth-order valence-electron chi connectivity index (χ4n) is 1.57. The summed E-state index contributed by atoms with van der Waals surface area (Å²) in [7, 11) is -3.21. The summed E-state index contributed by atoms with van der Waals surface area (Å²) in [6, 6.07) is 0. The van der Waals surface area contributed by atoms with Crippen LogP contribution in [0.25, 0.3) is 0 Å². The molecule has 0 aliphatic rings. The van der Waals surface area contributed by atoms with Crippen molar-refractivity contribution in [1.29, 1.82) is 0 Å². The van der Waals surface area contributed by atoms with Gasteiger partial charge in [0.2, 0.25) is 15.9 Å². The van der Waals surface area contributed by atoms with E-state index >= 15 is 0 Å². The van der Waals surface area contributed by atoms with Crippen LogP contribution in [0.2, 0.25) is 0 Å². The van der Waals surface area contributed by atoms with E-state index in [1.54, 1.807) is 4.68 Å². The van der Waals surface area contributed by atoms with Crippen molar-refractivity contribution in [2.24, 2.45) is 0 Å². The zero-order valence-corrected chi connectivity index (χ0v) is 12.5. The van der Waals surface area contributed by atoms with Crippen molar-refractivity contribution in [3.8, 4) is 0 Å². The molecule has 2 N–H and O–H groups in total. The maximum absolute atomic E-state index is 11.7. The lowest BCUT2D eigenvalue weighted by atomic mass is 10.2. The first kappa shape index (κ1) is 15.6. The molecule has 0 aliphatic carbocycles. The third-order valence-corrected chi connectivity index (χ3v) is 3.58. The molecule has 1 rings (SSSR count). The second kappa shape index (κ2) is 6.16. The van der Waals surface area contributed by atoms with E-state index in [-0.39, 0.29) is 25.5 Å². The molecule has 0 spiro atoms. The van der Waals surface area contributed by atoms with Gasteiger partial charge in [-0.2, -0.15) is 5.10 Å². The van der Waals surface area contributed by atoms with Gasteiger partial charge in [-0.25, -0.2) is 13.1 Å². The lowest BCUT2D eigenvalue weighted by Crippen LogP contribution is -2.36. The highest BCUT2D eigenvalue weighted by Gasteiger charge is 2.10. The Hall–Kier alpha value is -1.41. The first-order valence-corrected chi connectivity index (χ1v) is 7.82. The molecule has 1 amide bonds. The number of hydrogen-bond donors (Lipinski definition) is 2. The maximum Gasteiger partial charge on any atom is 0.241 e. The minimum absolute atomic E-state index is 0.138. The molecule has 0 atom stereocenters. The van der Waals surface area contributed by atoms with E-state index < -0.39 is 10.0 Å². The fraction of sp³-hybridized carbons (Fsp3) is 0.636. The van der Waals surface area contributed by atoms with Gasteiger partial charge in [0.25, 0.3) is 0 Å². The van der Waals surface area contributed by atoms with E-state index in [9.17, 15) is 13.2 Å². The maximum atomic E-state index is 11.7. The van der Waals surface area contributed by atoms with Crippen molar-refractivity contribution in [2.75, 3.05) is 19.3 Å². The molecule has 0 fully saturated rings. The smallest absolute Gasteiger partial charge is 0.241 e. The van der Waals surface area contributed by atoms with Gasteiger partial charge < -0.3 is 5.32 Å². The molecule has 1 heterocycles. The number of nitrogens with zero attached hydrogens (tertiary/aromatic N) is 2. The lowest BCUT2D eigenvalue weighted by molar-refractivity contribution is -0.121. The van der Waals surface area contributed by atoms with Crippen LogP contribution in [0, 0.1) is 20.8 Å². The minimum atomic E-state index is -3.21. The average molecular weight is 288 g/mol. The molecule has 0 bridgehead atoms. The van der Waals surface area contributed by atoms with Crippen LogP contribution >= 0.6 is 0 Å². The Morgan fingerprint density at radius 2 is 1.89 bits per heavy atom. The number of hydrogen-bond acceptors (Lipinski definition) is 4. The van der Waals surface area contributed by atoms with E-state index in [0.717, 1.165) is 23.2 Å².